The number of sulfonamides is 1. The van der Waals surface area contributed by atoms with Gasteiger partial charge in [-0.25, -0.2) is 8.42 Å². The normalized spacial score (nSPS) is 11.4. The van der Waals surface area contributed by atoms with Gasteiger partial charge in [0.2, 0.25) is 5.91 Å². The minimum Gasteiger partial charge on any atom is -0.493 e. The molecule has 0 aliphatic heterocycles. The van der Waals surface area contributed by atoms with Crippen molar-refractivity contribution in [2.75, 3.05) is 35.7 Å². The fourth-order valence-electron chi connectivity index (χ4n) is 4.34. The van der Waals surface area contributed by atoms with Gasteiger partial charge >= 0.3 is 0 Å². The summed E-state index contributed by atoms with van der Waals surface area (Å²) in [6.45, 7) is 5.81. The molecule has 0 radical (unpaired) electrons. The number of rotatable bonds is 10. The number of nitrogens with zero attached hydrogens (tertiary/aromatic N) is 1. The third-order valence-corrected chi connectivity index (χ3v) is 8.46. The number of hydrogen-bond donors (Lipinski definition) is 2. The van der Waals surface area contributed by atoms with Crippen LogP contribution in [-0.4, -0.2) is 41.0 Å². The average molecular weight is 602 g/mol. The highest BCUT2D eigenvalue weighted by atomic mass is 32.2. The molecule has 0 aromatic heterocycles. The number of nitrogens with one attached hydrogen (secondary N) is 2. The standard InChI is InChI=1S/C33H35N3O6S/c1-33(2,3)24-16-14-23(15-17-24)32(38)35-26-11-9-10-25(20-26)34-31(37)22-36(27-12-7-6-8-13-27)43(39,40)28-18-19-29(41-4)30(21-28)42-5/h6-21H,22H2,1-5H3,(H,34,37)(H,35,38). The largest absolute Gasteiger partial charge is 0.493 e. The number of ether oxygens (including phenoxy) is 2. The predicted octanol–water partition coefficient (Wildman–Crippen LogP) is 6.09. The van der Waals surface area contributed by atoms with Crippen LogP contribution in [0.3, 0.4) is 0 Å². The molecule has 0 unspecified atom stereocenters. The number of carbonyl (C=O) groups is 2. The Labute approximate surface area is 252 Å². The van der Waals surface area contributed by atoms with Crippen molar-refractivity contribution in [1.82, 2.24) is 0 Å². The average Bonchev–Trinajstić information content (AvgIpc) is 2.99. The SMILES string of the molecule is COc1ccc(S(=O)(=O)N(CC(=O)Nc2cccc(NC(=O)c3ccc(C(C)(C)C)cc3)c2)c2ccccc2)cc1OC. The zero-order chi connectivity index (χ0) is 31.2. The molecule has 0 saturated heterocycles. The monoisotopic (exact) mass is 601 g/mol. The summed E-state index contributed by atoms with van der Waals surface area (Å²) in [7, 11) is -1.32. The number of hydrogen-bond acceptors (Lipinski definition) is 6. The summed E-state index contributed by atoms with van der Waals surface area (Å²) in [5, 5.41) is 5.59. The van der Waals surface area contributed by atoms with Gasteiger partial charge in [0, 0.05) is 23.0 Å². The minimum absolute atomic E-state index is 0.0293. The van der Waals surface area contributed by atoms with Gasteiger partial charge in [-0.15, -0.1) is 0 Å². The third-order valence-electron chi connectivity index (χ3n) is 6.69. The molecule has 4 aromatic carbocycles. The van der Waals surface area contributed by atoms with Crippen LogP contribution in [0.2, 0.25) is 0 Å². The van der Waals surface area contributed by atoms with Gasteiger partial charge in [0.25, 0.3) is 15.9 Å². The second kappa shape index (κ2) is 13.0. The first kappa shape index (κ1) is 31.1. The molecule has 10 heteroatoms. The molecule has 9 nitrogen and oxygen atoms in total. The van der Waals surface area contributed by atoms with E-state index in [4.69, 9.17) is 9.47 Å². The summed E-state index contributed by atoms with van der Waals surface area (Å²) in [6.07, 6.45) is 0. The van der Waals surface area contributed by atoms with Crippen molar-refractivity contribution < 1.29 is 27.5 Å². The van der Waals surface area contributed by atoms with Gasteiger partial charge in [0.15, 0.2) is 11.5 Å². The molecule has 0 aliphatic carbocycles. The van der Waals surface area contributed by atoms with Crippen molar-refractivity contribution >= 4 is 38.9 Å². The van der Waals surface area contributed by atoms with Crippen molar-refractivity contribution in [3.8, 4) is 11.5 Å². The first-order valence-electron chi connectivity index (χ1n) is 13.5. The molecular formula is C33H35N3O6S. The maximum atomic E-state index is 13.8. The summed E-state index contributed by atoms with van der Waals surface area (Å²) in [6, 6.07) is 26.6. The topological polar surface area (TPSA) is 114 Å². The van der Waals surface area contributed by atoms with Gasteiger partial charge in [-0.3, -0.25) is 13.9 Å². The van der Waals surface area contributed by atoms with E-state index in [2.05, 4.69) is 31.4 Å². The molecule has 0 fully saturated rings. The Balaban J connectivity index is 1.52. The predicted molar refractivity (Wildman–Crippen MR) is 169 cm³/mol. The van der Waals surface area contributed by atoms with Crippen molar-refractivity contribution in [2.24, 2.45) is 0 Å². The Kier molecular flexibility index (Phi) is 9.40. The Morgan fingerprint density at radius 3 is 1.98 bits per heavy atom. The van der Waals surface area contributed by atoms with E-state index in [9.17, 15) is 18.0 Å². The van der Waals surface area contributed by atoms with E-state index in [-0.39, 0.29) is 22.0 Å². The number of benzene rings is 4. The Morgan fingerprint density at radius 2 is 1.37 bits per heavy atom. The molecule has 0 heterocycles. The maximum absolute atomic E-state index is 13.8. The minimum atomic E-state index is -4.19. The Morgan fingerprint density at radius 1 is 0.744 bits per heavy atom. The van der Waals surface area contributed by atoms with Gasteiger partial charge in [0.05, 0.1) is 24.8 Å². The molecule has 2 N–H and O–H groups in total. The van der Waals surface area contributed by atoms with E-state index in [1.165, 1.54) is 32.4 Å². The molecule has 4 rings (SSSR count). The lowest BCUT2D eigenvalue weighted by molar-refractivity contribution is -0.114. The van der Waals surface area contributed by atoms with Gasteiger partial charge in [-0.2, -0.15) is 0 Å². The lowest BCUT2D eigenvalue weighted by Gasteiger charge is -2.24. The summed E-state index contributed by atoms with van der Waals surface area (Å²) in [5.41, 5.74) is 2.76. The highest BCUT2D eigenvalue weighted by Gasteiger charge is 2.28. The van der Waals surface area contributed by atoms with Gasteiger partial charge in [-0.1, -0.05) is 57.2 Å². The van der Waals surface area contributed by atoms with Crippen LogP contribution in [0.5, 0.6) is 11.5 Å². The summed E-state index contributed by atoms with van der Waals surface area (Å²) in [4.78, 5) is 26.0. The van der Waals surface area contributed by atoms with Crippen molar-refractivity contribution in [3.05, 3.63) is 108 Å². The molecule has 0 aliphatic rings. The molecule has 0 atom stereocenters. The van der Waals surface area contributed by atoms with Crippen LogP contribution in [0.15, 0.2) is 102 Å². The third kappa shape index (κ3) is 7.52. The molecular weight excluding hydrogens is 566 g/mol. The van der Waals surface area contributed by atoms with E-state index in [0.717, 1.165) is 9.87 Å². The van der Waals surface area contributed by atoms with Crippen LogP contribution in [0.1, 0.15) is 36.7 Å². The van der Waals surface area contributed by atoms with E-state index in [0.29, 0.717) is 28.4 Å². The Bertz CT molecular complexity index is 1700. The van der Waals surface area contributed by atoms with Crippen LogP contribution in [0, 0.1) is 0 Å². The lowest BCUT2D eigenvalue weighted by Crippen LogP contribution is -2.38. The summed E-state index contributed by atoms with van der Waals surface area (Å²) in [5.74, 6) is -0.251. The first-order chi connectivity index (χ1) is 20.4. The fourth-order valence-corrected chi connectivity index (χ4v) is 5.78. The molecule has 0 bridgehead atoms. The van der Waals surface area contributed by atoms with E-state index >= 15 is 0 Å². The van der Waals surface area contributed by atoms with E-state index in [1.807, 2.05) is 12.1 Å². The van der Waals surface area contributed by atoms with Gasteiger partial charge in [-0.05, 0) is 65.6 Å². The fraction of sp³-hybridized carbons (Fsp3) is 0.212. The smallest absolute Gasteiger partial charge is 0.264 e. The second-order valence-corrected chi connectivity index (χ2v) is 12.6. The molecule has 43 heavy (non-hydrogen) atoms. The highest BCUT2D eigenvalue weighted by Crippen LogP contribution is 2.32. The van der Waals surface area contributed by atoms with E-state index < -0.39 is 22.5 Å². The molecule has 0 saturated carbocycles. The number of carbonyl (C=O) groups excluding carboxylic acids is 2. The van der Waals surface area contributed by atoms with Crippen LogP contribution in [-0.2, 0) is 20.2 Å². The number of anilines is 3. The summed E-state index contributed by atoms with van der Waals surface area (Å²) >= 11 is 0. The van der Waals surface area contributed by atoms with Crippen molar-refractivity contribution in [3.63, 3.8) is 0 Å². The molecule has 0 spiro atoms. The Hall–Kier alpha value is -4.83. The molecule has 2 amide bonds. The van der Waals surface area contributed by atoms with Crippen LogP contribution in [0.25, 0.3) is 0 Å². The number of methoxy groups -OCH3 is 2. The quantitative estimate of drug-likeness (QED) is 0.228. The van der Waals surface area contributed by atoms with Crippen molar-refractivity contribution in [2.45, 2.75) is 31.1 Å². The molecule has 224 valence electrons. The van der Waals surface area contributed by atoms with Gasteiger partial charge in [0.1, 0.15) is 6.54 Å². The lowest BCUT2D eigenvalue weighted by atomic mass is 9.87. The van der Waals surface area contributed by atoms with Gasteiger partial charge < -0.3 is 20.1 Å². The zero-order valence-corrected chi connectivity index (χ0v) is 25.6. The second-order valence-electron chi connectivity index (χ2n) is 10.8. The number of para-hydroxylation sites is 1. The van der Waals surface area contributed by atoms with Crippen molar-refractivity contribution in [1.29, 1.82) is 0 Å². The van der Waals surface area contributed by atoms with Crippen LogP contribution < -0.4 is 24.4 Å². The maximum Gasteiger partial charge on any atom is 0.264 e. The van der Waals surface area contributed by atoms with Crippen LogP contribution in [0.4, 0.5) is 17.1 Å². The summed E-state index contributed by atoms with van der Waals surface area (Å²) < 4.78 is 39.1. The van der Waals surface area contributed by atoms with Crippen LogP contribution >= 0.6 is 0 Å². The number of amides is 2. The molecule has 4 aromatic rings. The highest BCUT2D eigenvalue weighted by molar-refractivity contribution is 7.92. The van der Waals surface area contributed by atoms with E-state index in [1.54, 1.807) is 66.7 Å². The first-order valence-corrected chi connectivity index (χ1v) is 15.0. The zero-order valence-electron chi connectivity index (χ0n) is 24.7.